The van der Waals surface area contributed by atoms with Gasteiger partial charge in [-0.2, -0.15) is 0 Å². The standard InChI is InChI=1S/C36H30N2/c1-36(2,3)28-15-19-30(20-16-28)38-34-11-7-5-9-31(34)32-24-27(14-21-35(32)38)25-12-17-29(18-13-25)37-23-22-26-8-4-6-10-33(26)37/h4-24H,1-3H3. The number of hydrogen-bond donors (Lipinski definition) is 0. The van der Waals surface area contributed by atoms with E-state index >= 15 is 0 Å². The van der Waals surface area contributed by atoms with Crippen molar-refractivity contribution in [1.29, 1.82) is 0 Å². The zero-order valence-electron chi connectivity index (χ0n) is 22.0. The summed E-state index contributed by atoms with van der Waals surface area (Å²) in [4.78, 5) is 0. The number of benzene rings is 5. The van der Waals surface area contributed by atoms with E-state index < -0.39 is 0 Å². The molecule has 38 heavy (non-hydrogen) atoms. The number of rotatable bonds is 3. The van der Waals surface area contributed by atoms with Crippen molar-refractivity contribution >= 4 is 32.7 Å². The van der Waals surface area contributed by atoms with E-state index in [-0.39, 0.29) is 5.41 Å². The molecule has 7 aromatic rings. The highest BCUT2D eigenvalue weighted by atomic mass is 15.0. The molecule has 0 N–H and O–H groups in total. The Balaban J connectivity index is 1.32. The smallest absolute Gasteiger partial charge is 0.0541 e. The van der Waals surface area contributed by atoms with Gasteiger partial charge in [0.25, 0.3) is 0 Å². The fourth-order valence-electron chi connectivity index (χ4n) is 5.66. The first-order chi connectivity index (χ1) is 18.5. The first-order valence-corrected chi connectivity index (χ1v) is 13.3. The van der Waals surface area contributed by atoms with Gasteiger partial charge in [-0.25, -0.2) is 0 Å². The Hall–Kier alpha value is -4.56. The third kappa shape index (κ3) is 3.64. The van der Waals surface area contributed by atoms with Crippen molar-refractivity contribution in [2.24, 2.45) is 0 Å². The van der Waals surface area contributed by atoms with Crippen molar-refractivity contribution < 1.29 is 0 Å². The van der Waals surface area contributed by atoms with Crippen molar-refractivity contribution in [2.75, 3.05) is 0 Å². The van der Waals surface area contributed by atoms with Gasteiger partial charge in [0.15, 0.2) is 0 Å². The lowest BCUT2D eigenvalue weighted by molar-refractivity contribution is 0.590. The third-order valence-electron chi connectivity index (χ3n) is 7.74. The van der Waals surface area contributed by atoms with Gasteiger partial charge in [0.2, 0.25) is 0 Å². The Morgan fingerprint density at radius 3 is 1.89 bits per heavy atom. The molecule has 0 aliphatic rings. The Morgan fingerprint density at radius 2 is 1.13 bits per heavy atom. The fourth-order valence-corrected chi connectivity index (χ4v) is 5.66. The van der Waals surface area contributed by atoms with Gasteiger partial charge in [-0.05, 0) is 82.1 Å². The van der Waals surface area contributed by atoms with Crippen LogP contribution in [0.1, 0.15) is 26.3 Å². The van der Waals surface area contributed by atoms with Crippen LogP contribution < -0.4 is 0 Å². The summed E-state index contributed by atoms with van der Waals surface area (Å²) in [6, 6.07) is 44.2. The monoisotopic (exact) mass is 490 g/mol. The number of para-hydroxylation sites is 2. The summed E-state index contributed by atoms with van der Waals surface area (Å²) in [6.45, 7) is 6.78. The molecule has 2 heteroatoms. The quantitative estimate of drug-likeness (QED) is 0.233. The lowest BCUT2D eigenvalue weighted by Crippen LogP contribution is -2.10. The average molecular weight is 491 g/mol. The molecule has 0 saturated carbocycles. The van der Waals surface area contributed by atoms with Gasteiger partial charge in [0.1, 0.15) is 0 Å². The summed E-state index contributed by atoms with van der Waals surface area (Å²) in [6.07, 6.45) is 2.15. The SMILES string of the molecule is CC(C)(C)c1ccc(-n2c3ccccc3c3cc(-c4ccc(-n5ccc6ccccc65)cc4)ccc32)cc1. The van der Waals surface area contributed by atoms with E-state index in [9.17, 15) is 0 Å². The Labute approximate surface area is 223 Å². The molecule has 0 unspecified atom stereocenters. The molecular formula is C36H30N2. The predicted molar refractivity (Wildman–Crippen MR) is 162 cm³/mol. The second-order valence-electron chi connectivity index (χ2n) is 11.2. The number of fused-ring (bicyclic) bond motifs is 4. The molecule has 0 aliphatic heterocycles. The van der Waals surface area contributed by atoms with Gasteiger partial charge < -0.3 is 9.13 Å². The predicted octanol–water partition coefficient (Wildman–Crippen LogP) is 9.69. The van der Waals surface area contributed by atoms with Crippen LogP contribution in [0.4, 0.5) is 0 Å². The van der Waals surface area contributed by atoms with Crippen molar-refractivity contribution in [3.8, 4) is 22.5 Å². The Bertz CT molecular complexity index is 1920. The molecule has 0 radical (unpaired) electrons. The molecule has 2 heterocycles. The summed E-state index contributed by atoms with van der Waals surface area (Å²) >= 11 is 0. The molecule has 2 nitrogen and oxygen atoms in total. The van der Waals surface area contributed by atoms with Crippen LogP contribution >= 0.6 is 0 Å². The molecule has 0 fully saturated rings. The van der Waals surface area contributed by atoms with Crippen LogP contribution in [0.2, 0.25) is 0 Å². The lowest BCUT2D eigenvalue weighted by atomic mass is 9.87. The Kier molecular flexibility index (Phi) is 5.06. The van der Waals surface area contributed by atoms with Gasteiger partial charge in [0.05, 0.1) is 16.6 Å². The summed E-state index contributed by atoms with van der Waals surface area (Å²) < 4.78 is 4.64. The molecule has 0 bridgehead atoms. The molecule has 0 spiro atoms. The zero-order valence-corrected chi connectivity index (χ0v) is 22.0. The number of nitrogens with zero attached hydrogens (tertiary/aromatic N) is 2. The lowest BCUT2D eigenvalue weighted by Gasteiger charge is -2.19. The number of hydrogen-bond acceptors (Lipinski definition) is 0. The molecule has 0 atom stereocenters. The minimum Gasteiger partial charge on any atom is -0.317 e. The number of aromatic nitrogens is 2. The fraction of sp³-hybridized carbons (Fsp3) is 0.111. The van der Waals surface area contributed by atoms with E-state index in [1.54, 1.807) is 0 Å². The average Bonchev–Trinajstić information content (AvgIpc) is 3.52. The molecule has 0 aliphatic carbocycles. The summed E-state index contributed by atoms with van der Waals surface area (Å²) in [5, 5.41) is 3.81. The second-order valence-corrected chi connectivity index (χ2v) is 11.2. The van der Waals surface area contributed by atoms with Gasteiger partial charge >= 0.3 is 0 Å². The summed E-state index contributed by atoms with van der Waals surface area (Å²) in [7, 11) is 0. The van der Waals surface area contributed by atoms with Gasteiger partial charge in [-0.3, -0.25) is 0 Å². The highest BCUT2D eigenvalue weighted by molar-refractivity contribution is 6.10. The largest absolute Gasteiger partial charge is 0.317 e. The van der Waals surface area contributed by atoms with Crippen LogP contribution in [0.5, 0.6) is 0 Å². The molecule has 2 aromatic heterocycles. The first-order valence-electron chi connectivity index (χ1n) is 13.3. The van der Waals surface area contributed by atoms with Gasteiger partial charge in [-0.1, -0.05) is 87.5 Å². The van der Waals surface area contributed by atoms with E-state index in [1.165, 1.54) is 60.8 Å². The topological polar surface area (TPSA) is 9.86 Å². The summed E-state index contributed by atoms with van der Waals surface area (Å²) in [5.41, 5.74) is 9.99. The molecule has 184 valence electrons. The maximum Gasteiger partial charge on any atom is 0.0541 e. The molecule has 0 amide bonds. The molecule has 0 saturated heterocycles. The zero-order chi connectivity index (χ0) is 25.9. The van der Waals surface area contributed by atoms with Crippen LogP contribution in [0.15, 0.2) is 128 Å². The van der Waals surface area contributed by atoms with Crippen molar-refractivity contribution in [2.45, 2.75) is 26.2 Å². The maximum absolute atomic E-state index is 2.39. The maximum atomic E-state index is 2.39. The molecular weight excluding hydrogens is 460 g/mol. The van der Waals surface area contributed by atoms with Crippen LogP contribution in [-0.2, 0) is 5.41 Å². The normalized spacial score (nSPS) is 12.1. The highest BCUT2D eigenvalue weighted by Gasteiger charge is 2.16. The highest BCUT2D eigenvalue weighted by Crippen LogP contribution is 2.35. The van der Waals surface area contributed by atoms with Crippen LogP contribution in [0.3, 0.4) is 0 Å². The molecule has 7 rings (SSSR count). The summed E-state index contributed by atoms with van der Waals surface area (Å²) in [5.74, 6) is 0. The van der Waals surface area contributed by atoms with Gasteiger partial charge in [0, 0.05) is 28.3 Å². The van der Waals surface area contributed by atoms with E-state index in [2.05, 4.69) is 157 Å². The van der Waals surface area contributed by atoms with Crippen LogP contribution in [0, 0.1) is 0 Å². The van der Waals surface area contributed by atoms with Crippen LogP contribution in [0.25, 0.3) is 55.2 Å². The third-order valence-corrected chi connectivity index (χ3v) is 7.74. The minimum absolute atomic E-state index is 0.137. The van der Waals surface area contributed by atoms with E-state index in [0.717, 1.165) is 0 Å². The van der Waals surface area contributed by atoms with Crippen LogP contribution in [-0.4, -0.2) is 9.13 Å². The van der Waals surface area contributed by atoms with Gasteiger partial charge in [-0.15, -0.1) is 0 Å². The van der Waals surface area contributed by atoms with E-state index in [0.29, 0.717) is 0 Å². The van der Waals surface area contributed by atoms with Crippen molar-refractivity contribution in [3.63, 3.8) is 0 Å². The first kappa shape index (κ1) is 22.6. The van der Waals surface area contributed by atoms with E-state index in [4.69, 9.17) is 0 Å². The van der Waals surface area contributed by atoms with Crippen molar-refractivity contribution in [1.82, 2.24) is 9.13 Å². The molecule has 5 aromatic carbocycles. The Morgan fingerprint density at radius 1 is 0.500 bits per heavy atom. The van der Waals surface area contributed by atoms with Crippen molar-refractivity contribution in [3.05, 3.63) is 133 Å². The van der Waals surface area contributed by atoms with E-state index in [1.807, 2.05) is 0 Å². The minimum atomic E-state index is 0.137. The second kappa shape index (κ2) is 8.49.